The van der Waals surface area contributed by atoms with E-state index in [-0.39, 0.29) is 5.91 Å². The van der Waals surface area contributed by atoms with Crippen molar-refractivity contribution in [3.8, 4) is 11.5 Å². The van der Waals surface area contributed by atoms with Gasteiger partial charge in [-0.15, -0.1) is 0 Å². The molecule has 0 aliphatic carbocycles. The van der Waals surface area contributed by atoms with Crippen molar-refractivity contribution in [1.29, 1.82) is 0 Å². The molecule has 0 aliphatic heterocycles. The Balaban J connectivity index is 2.24. The summed E-state index contributed by atoms with van der Waals surface area (Å²) in [7, 11) is 1.56. The molecule has 104 valence electrons. The quantitative estimate of drug-likeness (QED) is 0.848. The van der Waals surface area contributed by atoms with Crippen molar-refractivity contribution in [2.75, 3.05) is 17.9 Å². The standard InChI is InChI=1S/C15H14BrNO3/c1-19-14-9-5-3-7-12(14)17-15(18)11-6-2-4-8-13(11)20-10-16/h2-9H,10H2,1H3,(H,17,18). The lowest BCUT2D eigenvalue weighted by molar-refractivity contribution is 0.102. The number of amides is 1. The Morgan fingerprint density at radius 3 is 2.45 bits per heavy atom. The topological polar surface area (TPSA) is 47.6 Å². The first-order valence-corrected chi connectivity index (χ1v) is 7.10. The predicted octanol–water partition coefficient (Wildman–Crippen LogP) is 3.68. The number of carbonyl (C=O) groups is 1. The van der Waals surface area contributed by atoms with Gasteiger partial charge in [-0.05, 0) is 40.2 Å². The maximum atomic E-state index is 12.3. The summed E-state index contributed by atoms with van der Waals surface area (Å²) in [6.45, 7) is 0. The summed E-state index contributed by atoms with van der Waals surface area (Å²) in [5.74, 6) is 0.891. The monoisotopic (exact) mass is 335 g/mol. The Hall–Kier alpha value is -2.01. The van der Waals surface area contributed by atoms with Gasteiger partial charge < -0.3 is 14.8 Å². The number of ether oxygens (including phenoxy) is 2. The number of hydrogen-bond donors (Lipinski definition) is 1. The minimum atomic E-state index is -0.244. The highest BCUT2D eigenvalue weighted by Gasteiger charge is 2.13. The molecule has 0 atom stereocenters. The number of alkyl halides is 1. The fraction of sp³-hybridized carbons (Fsp3) is 0.133. The van der Waals surface area contributed by atoms with Gasteiger partial charge in [-0.2, -0.15) is 0 Å². The molecule has 20 heavy (non-hydrogen) atoms. The second-order valence-electron chi connectivity index (χ2n) is 3.90. The first-order valence-electron chi connectivity index (χ1n) is 5.98. The maximum Gasteiger partial charge on any atom is 0.259 e. The van der Waals surface area contributed by atoms with Crippen LogP contribution in [0.4, 0.5) is 5.69 Å². The summed E-state index contributed by atoms with van der Waals surface area (Å²) < 4.78 is 10.6. The molecule has 2 aromatic rings. The van der Waals surface area contributed by atoms with Crippen LogP contribution in [-0.2, 0) is 0 Å². The summed E-state index contributed by atoms with van der Waals surface area (Å²) in [4.78, 5) is 12.3. The van der Waals surface area contributed by atoms with Crippen LogP contribution >= 0.6 is 15.9 Å². The molecule has 0 aromatic heterocycles. The molecule has 2 rings (SSSR count). The number of anilines is 1. The van der Waals surface area contributed by atoms with Crippen LogP contribution in [0.1, 0.15) is 10.4 Å². The smallest absolute Gasteiger partial charge is 0.259 e. The van der Waals surface area contributed by atoms with Gasteiger partial charge in [0.1, 0.15) is 17.0 Å². The van der Waals surface area contributed by atoms with Crippen LogP contribution in [0.2, 0.25) is 0 Å². The van der Waals surface area contributed by atoms with Gasteiger partial charge in [0.15, 0.2) is 0 Å². The van der Waals surface area contributed by atoms with Crippen molar-refractivity contribution in [3.05, 3.63) is 54.1 Å². The highest BCUT2D eigenvalue weighted by Crippen LogP contribution is 2.25. The van der Waals surface area contributed by atoms with E-state index < -0.39 is 0 Å². The van der Waals surface area contributed by atoms with Gasteiger partial charge in [-0.3, -0.25) is 4.79 Å². The highest BCUT2D eigenvalue weighted by atomic mass is 79.9. The lowest BCUT2D eigenvalue weighted by Crippen LogP contribution is -2.14. The Labute approximate surface area is 125 Å². The summed E-state index contributed by atoms with van der Waals surface area (Å²) in [6, 6.07) is 14.3. The van der Waals surface area contributed by atoms with E-state index in [2.05, 4.69) is 21.2 Å². The third-order valence-corrected chi connectivity index (χ3v) is 2.93. The van der Waals surface area contributed by atoms with E-state index in [0.717, 1.165) is 0 Å². The fourth-order valence-corrected chi connectivity index (χ4v) is 2.02. The third kappa shape index (κ3) is 3.30. The van der Waals surface area contributed by atoms with E-state index in [0.29, 0.717) is 28.3 Å². The highest BCUT2D eigenvalue weighted by molar-refractivity contribution is 9.09. The Morgan fingerprint density at radius 2 is 1.75 bits per heavy atom. The molecular weight excluding hydrogens is 322 g/mol. The molecule has 0 fully saturated rings. The Bertz CT molecular complexity index is 601. The number of rotatable bonds is 5. The number of methoxy groups -OCH3 is 1. The predicted molar refractivity (Wildman–Crippen MR) is 81.8 cm³/mol. The van der Waals surface area contributed by atoms with E-state index in [4.69, 9.17) is 9.47 Å². The second kappa shape index (κ2) is 6.96. The van der Waals surface area contributed by atoms with Crippen LogP contribution in [0.5, 0.6) is 11.5 Å². The molecule has 0 aliphatic rings. The van der Waals surface area contributed by atoms with Crippen LogP contribution in [0.25, 0.3) is 0 Å². The Morgan fingerprint density at radius 1 is 1.10 bits per heavy atom. The first kappa shape index (κ1) is 14.4. The van der Waals surface area contributed by atoms with Gasteiger partial charge >= 0.3 is 0 Å². The fourth-order valence-electron chi connectivity index (χ4n) is 1.78. The maximum absolute atomic E-state index is 12.3. The lowest BCUT2D eigenvalue weighted by Gasteiger charge is -2.12. The molecule has 0 saturated carbocycles. The SMILES string of the molecule is COc1ccccc1NC(=O)c1ccccc1OCBr. The van der Waals surface area contributed by atoms with Crippen LogP contribution in [0.15, 0.2) is 48.5 Å². The zero-order valence-electron chi connectivity index (χ0n) is 10.9. The summed E-state index contributed by atoms with van der Waals surface area (Å²) in [6.07, 6.45) is 0. The number of benzene rings is 2. The van der Waals surface area contributed by atoms with Gasteiger partial charge in [-0.1, -0.05) is 24.3 Å². The average molecular weight is 336 g/mol. The van der Waals surface area contributed by atoms with Crippen LogP contribution in [-0.4, -0.2) is 18.5 Å². The Kier molecular flexibility index (Phi) is 5.01. The third-order valence-electron chi connectivity index (χ3n) is 2.70. The molecule has 5 heteroatoms. The van der Waals surface area contributed by atoms with Crippen LogP contribution in [0, 0.1) is 0 Å². The molecular formula is C15H14BrNO3. The van der Waals surface area contributed by atoms with Crippen molar-refractivity contribution in [2.24, 2.45) is 0 Å². The molecule has 0 radical (unpaired) electrons. The number of hydrogen-bond acceptors (Lipinski definition) is 3. The minimum Gasteiger partial charge on any atom is -0.495 e. The van der Waals surface area contributed by atoms with Crippen molar-refractivity contribution in [2.45, 2.75) is 0 Å². The van der Waals surface area contributed by atoms with Crippen LogP contribution < -0.4 is 14.8 Å². The summed E-state index contributed by atoms with van der Waals surface area (Å²) in [5.41, 5.74) is 1.41. The second-order valence-corrected chi connectivity index (χ2v) is 4.36. The molecule has 1 amide bonds. The summed E-state index contributed by atoms with van der Waals surface area (Å²) in [5, 5.41) is 2.82. The first-order chi connectivity index (χ1) is 9.76. The van der Waals surface area contributed by atoms with Crippen molar-refractivity contribution in [1.82, 2.24) is 0 Å². The van der Waals surface area contributed by atoms with Gasteiger partial charge in [0.2, 0.25) is 0 Å². The number of para-hydroxylation sites is 3. The molecule has 0 bridgehead atoms. The van der Waals surface area contributed by atoms with Crippen molar-refractivity contribution in [3.63, 3.8) is 0 Å². The van der Waals surface area contributed by atoms with E-state index >= 15 is 0 Å². The van der Waals surface area contributed by atoms with Crippen molar-refractivity contribution < 1.29 is 14.3 Å². The van der Waals surface area contributed by atoms with E-state index in [1.54, 1.807) is 37.4 Å². The van der Waals surface area contributed by atoms with Crippen LogP contribution in [0.3, 0.4) is 0 Å². The van der Waals surface area contributed by atoms with E-state index in [1.165, 1.54) is 0 Å². The van der Waals surface area contributed by atoms with Gasteiger partial charge in [0.25, 0.3) is 5.91 Å². The van der Waals surface area contributed by atoms with Gasteiger partial charge in [0.05, 0.1) is 18.4 Å². The molecule has 1 N–H and O–H groups in total. The van der Waals surface area contributed by atoms with Gasteiger partial charge in [0, 0.05) is 0 Å². The number of nitrogens with one attached hydrogen (secondary N) is 1. The largest absolute Gasteiger partial charge is 0.495 e. The molecule has 0 unspecified atom stereocenters. The number of carbonyl (C=O) groups excluding carboxylic acids is 1. The zero-order valence-corrected chi connectivity index (χ0v) is 12.5. The summed E-state index contributed by atoms with van der Waals surface area (Å²) >= 11 is 3.19. The zero-order chi connectivity index (χ0) is 14.4. The molecule has 0 saturated heterocycles. The van der Waals surface area contributed by atoms with Crippen molar-refractivity contribution >= 4 is 27.5 Å². The molecule has 0 heterocycles. The average Bonchev–Trinajstić information content (AvgIpc) is 2.48. The normalized spacial score (nSPS) is 9.90. The van der Waals surface area contributed by atoms with E-state index in [9.17, 15) is 4.79 Å². The van der Waals surface area contributed by atoms with E-state index in [1.807, 2.05) is 18.2 Å². The molecule has 4 nitrogen and oxygen atoms in total. The molecule has 2 aromatic carbocycles. The van der Waals surface area contributed by atoms with Gasteiger partial charge in [-0.25, -0.2) is 0 Å². The minimum absolute atomic E-state index is 0.244. The number of halogens is 1. The molecule has 0 spiro atoms. The lowest BCUT2D eigenvalue weighted by atomic mass is 10.2.